The van der Waals surface area contributed by atoms with Crippen LogP contribution in [-0.4, -0.2) is 41.2 Å². The van der Waals surface area contributed by atoms with Crippen LogP contribution in [-0.2, 0) is 0 Å². The normalized spacial score (nSPS) is 12.1. The first-order chi connectivity index (χ1) is 9.62. The summed E-state index contributed by atoms with van der Waals surface area (Å²) < 4.78 is 5.54. The summed E-state index contributed by atoms with van der Waals surface area (Å²) in [5.41, 5.74) is 0. The molecule has 0 aromatic carbocycles. The Morgan fingerprint density at radius 3 is 2.50 bits per heavy atom. The fraction of sp³-hybridized carbons (Fsp3) is 0.786. The van der Waals surface area contributed by atoms with Gasteiger partial charge in [-0.05, 0) is 26.7 Å². The van der Waals surface area contributed by atoms with Gasteiger partial charge in [0.2, 0.25) is 11.9 Å². The predicted octanol–water partition coefficient (Wildman–Crippen LogP) is 2.72. The lowest BCUT2D eigenvalue weighted by atomic mass is 10.2. The van der Waals surface area contributed by atoms with Crippen LogP contribution in [0.3, 0.4) is 0 Å². The minimum absolute atomic E-state index is 0.385. The van der Waals surface area contributed by atoms with Crippen molar-refractivity contribution in [2.45, 2.75) is 53.0 Å². The first kappa shape index (κ1) is 16.5. The van der Waals surface area contributed by atoms with Gasteiger partial charge < -0.3 is 15.0 Å². The minimum Gasteiger partial charge on any atom is -0.463 e. The summed E-state index contributed by atoms with van der Waals surface area (Å²) in [6.07, 6.45) is 3.17. The number of rotatable bonds is 9. The summed E-state index contributed by atoms with van der Waals surface area (Å²) in [7, 11) is 2.01. The Kier molecular flexibility index (Phi) is 7.04. The minimum atomic E-state index is 0.385. The second-order valence-corrected chi connectivity index (χ2v) is 4.87. The van der Waals surface area contributed by atoms with E-state index in [1.807, 2.05) is 14.0 Å². The first-order valence-corrected chi connectivity index (χ1v) is 7.47. The average Bonchev–Trinajstić information content (AvgIpc) is 2.44. The van der Waals surface area contributed by atoms with Crippen LogP contribution in [0, 0.1) is 0 Å². The van der Waals surface area contributed by atoms with Crippen LogP contribution in [0.4, 0.5) is 11.9 Å². The van der Waals surface area contributed by atoms with Crippen LogP contribution in [0.2, 0.25) is 0 Å². The molecule has 0 amide bonds. The summed E-state index contributed by atoms with van der Waals surface area (Å²) in [6.45, 7) is 9.81. The van der Waals surface area contributed by atoms with E-state index in [-0.39, 0.29) is 0 Å². The smallest absolute Gasteiger partial charge is 0.323 e. The van der Waals surface area contributed by atoms with Gasteiger partial charge in [0.05, 0.1) is 6.61 Å². The van der Waals surface area contributed by atoms with Crippen LogP contribution in [0.1, 0.15) is 47.0 Å². The Morgan fingerprint density at radius 2 is 1.90 bits per heavy atom. The van der Waals surface area contributed by atoms with Gasteiger partial charge in [-0.3, -0.25) is 0 Å². The molecule has 1 N–H and O–H groups in total. The number of hydrogen-bond donors (Lipinski definition) is 1. The average molecular weight is 281 g/mol. The van der Waals surface area contributed by atoms with E-state index in [4.69, 9.17) is 4.74 Å². The van der Waals surface area contributed by atoms with Gasteiger partial charge in [-0.1, -0.05) is 20.3 Å². The number of nitrogens with zero attached hydrogens (tertiary/aromatic N) is 4. The molecule has 1 unspecified atom stereocenters. The van der Waals surface area contributed by atoms with Crippen LogP contribution < -0.4 is 15.0 Å². The molecule has 1 aromatic rings. The third-order valence-corrected chi connectivity index (χ3v) is 3.06. The van der Waals surface area contributed by atoms with Crippen molar-refractivity contribution >= 4 is 11.9 Å². The molecule has 0 fully saturated rings. The van der Waals surface area contributed by atoms with Crippen molar-refractivity contribution in [2.24, 2.45) is 0 Å². The van der Waals surface area contributed by atoms with Crippen LogP contribution >= 0.6 is 0 Å². The highest BCUT2D eigenvalue weighted by Crippen LogP contribution is 2.17. The summed E-state index contributed by atoms with van der Waals surface area (Å²) >= 11 is 0. The summed E-state index contributed by atoms with van der Waals surface area (Å²) in [5.74, 6) is 1.22. The SMILES string of the molecule is CCCOc1nc(NCC)nc(N(C)C(C)CCC)n1. The number of anilines is 2. The van der Waals surface area contributed by atoms with E-state index < -0.39 is 0 Å². The summed E-state index contributed by atoms with van der Waals surface area (Å²) in [5, 5.41) is 3.12. The standard InChI is InChI=1S/C14H27N5O/c1-6-9-11(4)19(5)13-16-12(15-8-3)17-14(18-13)20-10-7-2/h11H,6-10H2,1-5H3,(H,15,16,17,18). The quantitative estimate of drug-likeness (QED) is 0.751. The predicted molar refractivity (Wildman–Crippen MR) is 82.5 cm³/mol. The third-order valence-electron chi connectivity index (χ3n) is 3.06. The molecule has 0 aliphatic rings. The second kappa shape index (κ2) is 8.55. The van der Waals surface area contributed by atoms with Crippen molar-refractivity contribution in [3.05, 3.63) is 0 Å². The van der Waals surface area contributed by atoms with Crippen molar-refractivity contribution in [2.75, 3.05) is 30.4 Å². The Morgan fingerprint density at radius 1 is 1.15 bits per heavy atom. The molecular formula is C14H27N5O. The van der Waals surface area contributed by atoms with E-state index in [9.17, 15) is 0 Å². The lowest BCUT2D eigenvalue weighted by Gasteiger charge is -2.24. The van der Waals surface area contributed by atoms with E-state index >= 15 is 0 Å². The monoisotopic (exact) mass is 281 g/mol. The Balaban J connectivity index is 2.94. The lowest BCUT2D eigenvalue weighted by molar-refractivity contribution is 0.291. The third kappa shape index (κ3) is 4.83. The maximum Gasteiger partial charge on any atom is 0.323 e. The van der Waals surface area contributed by atoms with Crippen LogP contribution in [0.15, 0.2) is 0 Å². The summed E-state index contributed by atoms with van der Waals surface area (Å²) in [6, 6.07) is 0.777. The van der Waals surface area contributed by atoms with E-state index in [2.05, 4.69) is 45.9 Å². The van der Waals surface area contributed by atoms with Gasteiger partial charge >= 0.3 is 6.01 Å². The Bertz CT molecular complexity index is 399. The fourth-order valence-electron chi connectivity index (χ4n) is 1.81. The maximum absolute atomic E-state index is 5.54. The van der Waals surface area contributed by atoms with Crippen LogP contribution in [0.5, 0.6) is 6.01 Å². The van der Waals surface area contributed by atoms with E-state index in [0.717, 1.165) is 25.8 Å². The molecule has 0 spiro atoms. The molecule has 0 aliphatic heterocycles. The molecule has 20 heavy (non-hydrogen) atoms. The second-order valence-electron chi connectivity index (χ2n) is 4.87. The lowest BCUT2D eigenvalue weighted by Crippen LogP contribution is -2.30. The highest BCUT2D eigenvalue weighted by Gasteiger charge is 2.15. The Labute approximate surface area is 122 Å². The highest BCUT2D eigenvalue weighted by atomic mass is 16.5. The molecular weight excluding hydrogens is 254 g/mol. The molecule has 1 rings (SSSR count). The molecule has 1 aromatic heterocycles. The first-order valence-electron chi connectivity index (χ1n) is 7.47. The zero-order chi connectivity index (χ0) is 15.0. The zero-order valence-corrected chi connectivity index (χ0v) is 13.3. The fourth-order valence-corrected chi connectivity index (χ4v) is 1.81. The Hall–Kier alpha value is -1.59. The van der Waals surface area contributed by atoms with Crippen molar-refractivity contribution in [1.29, 1.82) is 0 Å². The highest BCUT2D eigenvalue weighted by molar-refractivity contribution is 5.38. The van der Waals surface area contributed by atoms with Crippen LogP contribution in [0.25, 0.3) is 0 Å². The number of ether oxygens (including phenoxy) is 1. The number of aromatic nitrogens is 3. The van der Waals surface area contributed by atoms with Gasteiger partial charge in [0.1, 0.15) is 0 Å². The van der Waals surface area contributed by atoms with E-state index in [1.54, 1.807) is 0 Å². The maximum atomic E-state index is 5.54. The molecule has 6 heteroatoms. The summed E-state index contributed by atoms with van der Waals surface area (Å²) in [4.78, 5) is 15.2. The van der Waals surface area contributed by atoms with Crippen molar-refractivity contribution in [1.82, 2.24) is 15.0 Å². The molecule has 114 valence electrons. The molecule has 0 radical (unpaired) electrons. The molecule has 0 saturated carbocycles. The molecule has 1 atom stereocenters. The van der Waals surface area contributed by atoms with Crippen molar-refractivity contribution < 1.29 is 4.74 Å². The van der Waals surface area contributed by atoms with Gasteiger partial charge in [-0.25, -0.2) is 0 Å². The van der Waals surface area contributed by atoms with Gasteiger partial charge in [-0.2, -0.15) is 15.0 Å². The molecule has 6 nitrogen and oxygen atoms in total. The van der Waals surface area contributed by atoms with Gasteiger partial charge in [0, 0.05) is 19.6 Å². The number of hydrogen-bond acceptors (Lipinski definition) is 6. The largest absolute Gasteiger partial charge is 0.463 e. The van der Waals surface area contributed by atoms with Crippen molar-refractivity contribution in [3.63, 3.8) is 0 Å². The van der Waals surface area contributed by atoms with E-state index in [0.29, 0.717) is 30.6 Å². The topological polar surface area (TPSA) is 63.2 Å². The van der Waals surface area contributed by atoms with Gasteiger partial charge in [-0.15, -0.1) is 0 Å². The molecule has 1 heterocycles. The molecule has 0 aliphatic carbocycles. The van der Waals surface area contributed by atoms with E-state index in [1.165, 1.54) is 0 Å². The van der Waals surface area contributed by atoms with Gasteiger partial charge in [0.15, 0.2) is 0 Å². The van der Waals surface area contributed by atoms with Crippen molar-refractivity contribution in [3.8, 4) is 6.01 Å². The molecule has 0 saturated heterocycles. The van der Waals surface area contributed by atoms with Gasteiger partial charge in [0.25, 0.3) is 0 Å². The number of nitrogens with one attached hydrogen (secondary N) is 1. The zero-order valence-electron chi connectivity index (χ0n) is 13.3. The molecule has 0 bridgehead atoms.